The Hall–Kier alpha value is -1.55. The third-order valence-electron chi connectivity index (χ3n) is 3.92. The monoisotopic (exact) mass is 292 g/mol. The number of hydrogen-bond acceptors (Lipinski definition) is 3. The van der Waals surface area contributed by atoms with Crippen molar-refractivity contribution in [1.82, 2.24) is 4.90 Å². The van der Waals surface area contributed by atoms with E-state index < -0.39 is 0 Å². The minimum absolute atomic E-state index is 0.196. The minimum atomic E-state index is 0.196. The van der Waals surface area contributed by atoms with Gasteiger partial charge in [-0.05, 0) is 43.0 Å². The first-order chi connectivity index (χ1) is 10.1. The van der Waals surface area contributed by atoms with Gasteiger partial charge >= 0.3 is 0 Å². The number of carbonyl (C=O) groups excluding carboxylic acids is 1. The zero-order valence-corrected chi connectivity index (χ0v) is 13.5. The molecular formula is C17H28N2O2. The summed E-state index contributed by atoms with van der Waals surface area (Å²) < 4.78 is 5.13. The number of benzene rings is 1. The lowest BCUT2D eigenvalue weighted by Crippen LogP contribution is -2.26. The number of nitrogens with two attached hydrogens (primary N) is 1. The van der Waals surface area contributed by atoms with E-state index in [4.69, 9.17) is 10.5 Å². The van der Waals surface area contributed by atoms with Crippen LogP contribution in [0.15, 0.2) is 24.3 Å². The first-order valence-corrected chi connectivity index (χ1v) is 7.67. The van der Waals surface area contributed by atoms with Gasteiger partial charge < -0.3 is 15.4 Å². The summed E-state index contributed by atoms with van der Waals surface area (Å²) in [7, 11) is 3.51. The molecule has 4 heteroatoms. The van der Waals surface area contributed by atoms with E-state index in [-0.39, 0.29) is 5.91 Å². The largest absolute Gasteiger partial charge is 0.497 e. The molecular weight excluding hydrogens is 264 g/mol. The molecule has 0 saturated heterocycles. The smallest absolute Gasteiger partial charge is 0.222 e. The molecule has 1 aromatic carbocycles. The Morgan fingerprint density at radius 3 is 2.48 bits per heavy atom. The Bertz CT molecular complexity index is 417. The van der Waals surface area contributed by atoms with Crippen LogP contribution < -0.4 is 10.5 Å². The van der Waals surface area contributed by atoms with E-state index >= 15 is 0 Å². The van der Waals surface area contributed by atoms with Crippen LogP contribution in [-0.2, 0) is 11.3 Å². The van der Waals surface area contributed by atoms with Crippen LogP contribution in [0, 0.1) is 5.92 Å². The summed E-state index contributed by atoms with van der Waals surface area (Å²) in [4.78, 5) is 14.0. The molecule has 4 nitrogen and oxygen atoms in total. The molecule has 0 aliphatic carbocycles. The quantitative estimate of drug-likeness (QED) is 0.761. The predicted molar refractivity (Wildman–Crippen MR) is 86.2 cm³/mol. The molecule has 21 heavy (non-hydrogen) atoms. The van der Waals surface area contributed by atoms with E-state index in [1.54, 1.807) is 12.0 Å². The second kappa shape index (κ2) is 9.40. The summed E-state index contributed by atoms with van der Waals surface area (Å²) in [5.74, 6) is 1.59. The van der Waals surface area contributed by atoms with Gasteiger partial charge in [-0.2, -0.15) is 0 Å². The summed E-state index contributed by atoms with van der Waals surface area (Å²) in [6.07, 6.45) is 3.63. The molecule has 0 fully saturated rings. The Morgan fingerprint density at radius 2 is 1.95 bits per heavy atom. The third-order valence-corrected chi connectivity index (χ3v) is 3.92. The maximum absolute atomic E-state index is 12.2. The number of carbonyl (C=O) groups is 1. The molecule has 0 heterocycles. The van der Waals surface area contributed by atoms with Crippen LogP contribution in [0.3, 0.4) is 0 Å². The fourth-order valence-corrected chi connectivity index (χ4v) is 2.40. The number of amides is 1. The standard InChI is InChI=1S/C17H28N2O2/c1-4-14(11-12-18)7-10-17(20)19(2)13-15-5-8-16(21-3)9-6-15/h5-6,8-9,14H,4,7,10-13,18H2,1-3H3. The lowest BCUT2D eigenvalue weighted by molar-refractivity contribution is -0.130. The van der Waals surface area contributed by atoms with Crippen LogP contribution >= 0.6 is 0 Å². The molecule has 0 aliphatic rings. The van der Waals surface area contributed by atoms with Gasteiger partial charge in [0.1, 0.15) is 5.75 Å². The van der Waals surface area contributed by atoms with Crippen molar-refractivity contribution in [3.8, 4) is 5.75 Å². The summed E-state index contributed by atoms with van der Waals surface area (Å²) >= 11 is 0. The lowest BCUT2D eigenvalue weighted by Gasteiger charge is -2.19. The van der Waals surface area contributed by atoms with Crippen molar-refractivity contribution in [3.05, 3.63) is 29.8 Å². The average molecular weight is 292 g/mol. The number of methoxy groups -OCH3 is 1. The molecule has 0 aromatic heterocycles. The fraction of sp³-hybridized carbons (Fsp3) is 0.588. The van der Waals surface area contributed by atoms with Gasteiger partial charge in [0.25, 0.3) is 0 Å². The fourth-order valence-electron chi connectivity index (χ4n) is 2.40. The Labute approximate surface area is 128 Å². The van der Waals surface area contributed by atoms with Crippen LogP contribution in [0.4, 0.5) is 0 Å². The molecule has 0 aliphatic heterocycles. The van der Waals surface area contributed by atoms with Gasteiger partial charge in [-0.3, -0.25) is 4.79 Å². The molecule has 0 radical (unpaired) electrons. The summed E-state index contributed by atoms with van der Waals surface area (Å²) in [6, 6.07) is 7.82. The van der Waals surface area contributed by atoms with Crippen molar-refractivity contribution < 1.29 is 9.53 Å². The van der Waals surface area contributed by atoms with Crippen LogP contribution in [0.1, 0.15) is 38.2 Å². The molecule has 1 aromatic rings. The minimum Gasteiger partial charge on any atom is -0.497 e. The highest BCUT2D eigenvalue weighted by atomic mass is 16.5. The molecule has 118 valence electrons. The second-order valence-corrected chi connectivity index (χ2v) is 5.49. The number of hydrogen-bond donors (Lipinski definition) is 1. The molecule has 1 unspecified atom stereocenters. The number of nitrogens with zero attached hydrogens (tertiary/aromatic N) is 1. The third kappa shape index (κ3) is 6.17. The van der Waals surface area contributed by atoms with E-state index in [1.807, 2.05) is 31.3 Å². The van der Waals surface area contributed by atoms with Crippen molar-refractivity contribution >= 4 is 5.91 Å². The second-order valence-electron chi connectivity index (χ2n) is 5.49. The van der Waals surface area contributed by atoms with Gasteiger partial charge in [0.15, 0.2) is 0 Å². The molecule has 0 saturated carbocycles. The topological polar surface area (TPSA) is 55.6 Å². The van der Waals surface area contributed by atoms with E-state index in [1.165, 1.54) is 0 Å². The molecule has 1 atom stereocenters. The van der Waals surface area contributed by atoms with Crippen molar-refractivity contribution in [1.29, 1.82) is 0 Å². The molecule has 0 spiro atoms. The van der Waals surface area contributed by atoms with Gasteiger partial charge in [-0.15, -0.1) is 0 Å². The van der Waals surface area contributed by atoms with Crippen molar-refractivity contribution in [2.24, 2.45) is 11.7 Å². The van der Waals surface area contributed by atoms with E-state index in [0.717, 1.165) is 30.6 Å². The first-order valence-electron chi connectivity index (χ1n) is 7.67. The summed E-state index contributed by atoms with van der Waals surface area (Å²) in [6.45, 7) is 3.50. The summed E-state index contributed by atoms with van der Waals surface area (Å²) in [5.41, 5.74) is 6.70. The van der Waals surface area contributed by atoms with Crippen LogP contribution in [-0.4, -0.2) is 31.5 Å². The zero-order valence-electron chi connectivity index (χ0n) is 13.5. The van der Waals surface area contributed by atoms with Gasteiger partial charge in [0.05, 0.1) is 7.11 Å². The highest BCUT2D eigenvalue weighted by Gasteiger charge is 2.12. The SMILES string of the molecule is CCC(CCN)CCC(=O)N(C)Cc1ccc(OC)cc1. The Balaban J connectivity index is 2.42. The average Bonchev–Trinajstić information content (AvgIpc) is 2.51. The molecule has 1 amide bonds. The molecule has 1 rings (SSSR count). The van der Waals surface area contributed by atoms with Crippen LogP contribution in [0.5, 0.6) is 5.75 Å². The normalized spacial score (nSPS) is 12.0. The lowest BCUT2D eigenvalue weighted by atomic mass is 9.96. The molecule has 2 N–H and O–H groups in total. The Kier molecular flexibility index (Phi) is 7.83. The van der Waals surface area contributed by atoms with Crippen LogP contribution in [0.2, 0.25) is 0 Å². The van der Waals surface area contributed by atoms with E-state index in [0.29, 0.717) is 25.4 Å². The number of ether oxygens (including phenoxy) is 1. The van der Waals surface area contributed by atoms with Crippen molar-refractivity contribution in [3.63, 3.8) is 0 Å². The van der Waals surface area contributed by atoms with Crippen LogP contribution in [0.25, 0.3) is 0 Å². The highest BCUT2D eigenvalue weighted by Crippen LogP contribution is 2.16. The maximum Gasteiger partial charge on any atom is 0.222 e. The van der Waals surface area contributed by atoms with E-state index in [9.17, 15) is 4.79 Å². The Morgan fingerprint density at radius 1 is 1.29 bits per heavy atom. The maximum atomic E-state index is 12.2. The van der Waals surface area contributed by atoms with E-state index in [2.05, 4.69) is 6.92 Å². The summed E-state index contributed by atoms with van der Waals surface area (Å²) in [5, 5.41) is 0. The van der Waals surface area contributed by atoms with Gasteiger partial charge in [0, 0.05) is 20.0 Å². The molecule has 0 bridgehead atoms. The zero-order chi connectivity index (χ0) is 15.7. The van der Waals surface area contributed by atoms with Gasteiger partial charge in [-0.1, -0.05) is 25.5 Å². The first kappa shape index (κ1) is 17.5. The van der Waals surface area contributed by atoms with Crippen molar-refractivity contribution in [2.45, 2.75) is 39.2 Å². The predicted octanol–water partition coefficient (Wildman–Crippen LogP) is 2.81. The number of rotatable bonds is 9. The van der Waals surface area contributed by atoms with Crippen molar-refractivity contribution in [2.75, 3.05) is 20.7 Å². The van der Waals surface area contributed by atoms with Gasteiger partial charge in [-0.25, -0.2) is 0 Å². The highest BCUT2D eigenvalue weighted by molar-refractivity contribution is 5.75. The van der Waals surface area contributed by atoms with Gasteiger partial charge in [0.2, 0.25) is 5.91 Å².